The molecule has 2 heterocycles. The SMILES string of the molecule is CCOC(=O)CNC(=O)N1CC(N2CCCCCC2)C1. The molecule has 0 aromatic rings. The maximum atomic E-state index is 11.8. The zero-order valence-corrected chi connectivity index (χ0v) is 12.3. The predicted octanol–water partition coefficient (Wildman–Crippen LogP) is 0.819. The van der Waals surface area contributed by atoms with E-state index in [1.807, 2.05) is 0 Å². The molecule has 0 aromatic carbocycles. The highest BCUT2D eigenvalue weighted by atomic mass is 16.5. The van der Waals surface area contributed by atoms with Crippen molar-refractivity contribution in [1.29, 1.82) is 0 Å². The van der Waals surface area contributed by atoms with E-state index in [9.17, 15) is 9.59 Å². The number of likely N-dealkylation sites (tertiary alicyclic amines) is 2. The van der Waals surface area contributed by atoms with Crippen LogP contribution in [0, 0.1) is 0 Å². The first-order valence-corrected chi connectivity index (χ1v) is 7.63. The van der Waals surface area contributed by atoms with E-state index in [0.29, 0.717) is 12.6 Å². The Bertz CT molecular complexity index is 335. The summed E-state index contributed by atoms with van der Waals surface area (Å²) in [5.41, 5.74) is 0. The lowest BCUT2D eigenvalue weighted by Gasteiger charge is -2.45. The van der Waals surface area contributed by atoms with Gasteiger partial charge in [-0.2, -0.15) is 0 Å². The highest BCUT2D eigenvalue weighted by Crippen LogP contribution is 2.19. The van der Waals surface area contributed by atoms with E-state index in [-0.39, 0.29) is 18.5 Å². The second-order valence-electron chi connectivity index (χ2n) is 5.47. The van der Waals surface area contributed by atoms with Crippen LogP contribution in [0.25, 0.3) is 0 Å². The average Bonchev–Trinajstić information content (AvgIpc) is 2.64. The van der Waals surface area contributed by atoms with Gasteiger partial charge in [0, 0.05) is 19.1 Å². The molecule has 2 aliphatic rings. The van der Waals surface area contributed by atoms with Crippen molar-refractivity contribution in [2.45, 2.75) is 38.6 Å². The maximum Gasteiger partial charge on any atom is 0.325 e. The molecule has 0 aliphatic carbocycles. The molecular formula is C14H25N3O3. The molecule has 2 fully saturated rings. The minimum Gasteiger partial charge on any atom is -0.465 e. The number of nitrogens with one attached hydrogen (secondary N) is 1. The topological polar surface area (TPSA) is 61.9 Å². The van der Waals surface area contributed by atoms with Gasteiger partial charge in [-0.05, 0) is 32.9 Å². The van der Waals surface area contributed by atoms with Gasteiger partial charge in [-0.3, -0.25) is 9.69 Å². The largest absolute Gasteiger partial charge is 0.465 e. The van der Waals surface area contributed by atoms with E-state index in [1.165, 1.54) is 25.7 Å². The van der Waals surface area contributed by atoms with E-state index in [4.69, 9.17) is 4.74 Å². The standard InChI is InChI=1S/C14H25N3O3/c1-2-20-13(18)9-15-14(19)17-10-12(11-17)16-7-5-3-4-6-8-16/h12H,2-11H2,1H3,(H,15,19). The fourth-order valence-electron chi connectivity index (χ4n) is 2.78. The summed E-state index contributed by atoms with van der Waals surface area (Å²) >= 11 is 0. The summed E-state index contributed by atoms with van der Waals surface area (Å²) in [6.45, 7) is 5.91. The van der Waals surface area contributed by atoms with E-state index >= 15 is 0 Å². The summed E-state index contributed by atoms with van der Waals surface area (Å²) in [5.74, 6) is -0.384. The van der Waals surface area contributed by atoms with Crippen molar-refractivity contribution < 1.29 is 14.3 Å². The summed E-state index contributed by atoms with van der Waals surface area (Å²) in [6, 6.07) is 0.338. The van der Waals surface area contributed by atoms with Crippen molar-refractivity contribution in [2.75, 3.05) is 39.3 Å². The molecule has 20 heavy (non-hydrogen) atoms. The van der Waals surface area contributed by atoms with Crippen molar-refractivity contribution in [3.05, 3.63) is 0 Å². The van der Waals surface area contributed by atoms with Crippen molar-refractivity contribution >= 4 is 12.0 Å². The quantitative estimate of drug-likeness (QED) is 0.776. The van der Waals surface area contributed by atoms with Crippen molar-refractivity contribution in [2.24, 2.45) is 0 Å². The number of esters is 1. The summed E-state index contributed by atoms with van der Waals surface area (Å²) in [7, 11) is 0. The molecule has 114 valence electrons. The van der Waals surface area contributed by atoms with Crippen LogP contribution in [-0.2, 0) is 9.53 Å². The van der Waals surface area contributed by atoms with Crippen LogP contribution in [0.1, 0.15) is 32.6 Å². The van der Waals surface area contributed by atoms with E-state index in [1.54, 1.807) is 11.8 Å². The van der Waals surface area contributed by atoms with Crippen LogP contribution >= 0.6 is 0 Å². The Balaban J connectivity index is 1.64. The highest BCUT2D eigenvalue weighted by Gasteiger charge is 2.34. The molecule has 0 aromatic heterocycles. The first-order chi connectivity index (χ1) is 9.70. The second kappa shape index (κ2) is 7.47. The first-order valence-electron chi connectivity index (χ1n) is 7.63. The van der Waals surface area contributed by atoms with Crippen LogP contribution in [0.2, 0.25) is 0 Å². The van der Waals surface area contributed by atoms with Gasteiger partial charge in [0.1, 0.15) is 6.54 Å². The number of ether oxygens (including phenoxy) is 1. The van der Waals surface area contributed by atoms with Gasteiger partial charge in [0.2, 0.25) is 0 Å². The summed E-state index contributed by atoms with van der Waals surface area (Å²) in [4.78, 5) is 27.2. The third-order valence-electron chi connectivity index (χ3n) is 4.00. The van der Waals surface area contributed by atoms with Crippen molar-refractivity contribution in [3.63, 3.8) is 0 Å². The molecule has 0 radical (unpaired) electrons. The second-order valence-corrected chi connectivity index (χ2v) is 5.47. The molecule has 2 saturated heterocycles. The molecule has 0 unspecified atom stereocenters. The van der Waals surface area contributed by atoms with Crippen molar-refractivity contribution in [1.82, 2.24) is 15.1 Å². The third-order valence-corrected chi connectivity index (χ3v) is 4.00. The molecule has 0 saturated carbocycles. The number of hydrogen-bond donors (Lipinski definition) is 1. The number of hydrogen-bond acceptors (Lipinski definition) is 4. The fourth-order valence-corrected chi connectivity index (χ4v) is 2.78. The Hall–Kier alpha value is -1.30. The van der Waals surface area contributed by atoms with E-state index in [2.05, 4.69) is 10.2 Å². The van der Waals surface area contributed by atoms with Gasteiger partial charge in [-0.25, -0.2) is 4.79 Å². The van der Waals surface area contributed by atoms with Gasteiger partial charge < -0.3 is 15.0 Å². The minimum absolute atomic E-state index is 0.0441. The molecule has 2 aliphatic heterocycles. The first kappa shape index (κ1) is 15.1. The number of nitrogens with zero attached hydrogens (tertiary/aromatic N) is 2. The van der Waals surface area contributed by atoms with Crippen LogP contribution in [0.3, 0.4) is 0 Å². The van der Waals surface area contributed by atoms with E-state index < -0.39 is 0 Å². The van der Waals surface area contributed by atoms with Gasteiger partial charge in [0.25, 0.3) is 0 Å². The smallest absolute Gasteiger partial charge is 0.325 e. The Morgan fingerprint density at radius 2 is 1.80 bits per heavy atom. The molecule has 2 amide bonds. The van der Waals surface area contributed by atoms with Gasteiger partial charge in [-0.15, -0.1) is 0 Å². The Morgan fingerprint density at radius 1 is 1.15 bits per heavy atom. The predicted molar refractivity (Wildman–Crippen MR) is 75.4 cm³/mol. The van der Waals surface area contributed by atoms with Crippen LogP contribution in [-0.4, -0.2) is 67.2 Å². The molecule has 6 heteroatoms. The van der Waals surface area contributed by atoms with Crippen LogP contribution in [0.15, 0.2) is 0 Å². The number of urea groups is 1. The van der Waals surface area contributed by atoms with Crippen LogP contribution in [0.4, 0.5) is 4.79 Å². The maximum absolute atomic E-state index is 11.8. The molecule has 1 N–H and O–H groups in total. The molecule has 2 rings (SSSR count). The van der Waals surface area contributed by atoms with Gasteiger partial charge in [0.05, 0.1) is 6.61 Å². The Kier molecular flexibility index (Phi) is 5.64. The van der Waals surface area contributed by atoms with Crippen LogP contribution < -0.4 is 5.32 Å². The zero-order chi connectivity index (χ0) is 14.4. The molecule has 0 spiro atoms. The summed E-state index contributed by atoms with van der Waals surface area (Å²) in [6.07, 6.45) is 5.19. The molecular weight excluding hydrogens is 258 g/mol. The Morgan fingerprint density at radius 3 is 2.40 bits per heavy atom. The molecule has 0 atom stereocenters. The lowest BCUT2D eigenvalue weighted by atomic mass is 10.1. The Labute approximate surface area is 120 Å². The zero-order valence-electron chi connectivity index (χ0n) is 12.3. The van der Waals surface area contributed by atoms with Gasteiger partial charge in [-0.1, -0.05) is 12.8 Å². The molecule has 0 bridgehead atoms. The third kappa shape index (κ3) is 4.10. The number of amides is 2. The highest BCUT2D eigenvalue weighted by molar-refractivity contribution is 5.81. The van der Waals surface area contributed by atoms with Crippen LogP contribution in [0.5, 0.6) is 0 Å². The number of carbonyl (C=O) groups excluding carboxylic acids is 2. The average molecular weight is 283 g/mol. The lowest BCUT2D eigenvalue weighted by molar-refractivity contribution is -0.141. The fraction of sp³-hybridized carbons (Fsp3) is 0.857. The molecule has 6 nitrogen and oxygen atoms in total. The van der Waals surface area contributed by atoms with Crippen molar-refractivity contribution in [3.8, 4) is 0 Å². The van der Waals surface area contributed by atoms with Gasteiger partial charge >= 0.3 is 12.0 Å². The lowest BCUT2D eigenvalue weighted by Crippen LogP contribution is -2.63. The number of rotatable bonds is 4. The summed E-state index contributed by atoms with van der Waals surface area (Å²) in [5, 5.41) is 2.60. The monoisotopic (exact) mass is 283 g/mol. The van der Waals surface area contributed by atoms with E-state index in [0.717, 1.165) is 26.2 Å². The number of carbonyl (C=O) groups is 2. The van der Waals surface area contributed by atoms with Gasteiger partial charge in [0.15, 0.2) is 0 Å². The summed E-state index contributed by atoms with van der Waals surface area (Å²) < 4.78 is 4.77. The normalized spacial score (nSPS) is 20.9. The minimum atomic E-state index is -0.384.